The van der Waals surface area contributed by atoms with Gasteiger partial charge in [-0.15, -0.1) is 0 Å². The van der Waals surface area contributed by atoms with Crippen molar-refractivity contribution in [3.8, 4) is 0 Å². The Labute approximate surface area is 124 Å². The van der Waals surface area contributed by atoms with Gasteiger partial charge in [-0.1, -0.05) is 15.9 Å². The average Bonchev–Trinajstić information content (AvgIpc) is 2.33. The summed E-state index contributed by atoms with van der Waals surface area (Å²) in [4.78, 5) is 3.71. The van der Waals surface area contributed by atoms with Gasteiger partial charge in [-0.2, -0.15) is 13.2 Å². The fraction of sp³-hybridized carbons (Fsp3) is 0.250. The Morgan fingerprint density at radius 3 is 2.42 bits per heavy atom. The average molecular weight is 398 g/mol. The Morgan fingerprint density at radius 1 is 1.21 bits per heavy atom. The fourth-order valence-corrected chi connectivity index (χ4v) is 2.70. The van der Waals surface area contributed by atoms with Crippen LogP contribution in [0.15, 0.2) is 27.1 Å². The summed E-state index contributed by atoms with van der Waals surface area (Å²) >= 11 is 6.58. The second-order valence-electron chi connectivity index (χ2n) is 3.84. The maximum atomic E-state index is 12.9. The van der Waals surface area contributed by atoms with Crippen molar-refractivity contribution in [1.29, 1.82) is 0 Å². The molecule has 0 aliphatic rings. The predicted octanol–water partition coefficient (Wildman–Crippen LogP) is 5.21. The quantitative estimate of drug-likeness (QED) is 0.752. The van der Waals surface area contributed by atoms with Crippen LogP contribution in [0, 0.1) is 0 Å². The molecule has 7 heteroatoms. The molecule has 102 valence electrons. The van der Waals surface area contributed by atoms with E-state index in [1.54, 1.807) is 12.1 Å². The number of nitrogens with zero attached hydrogens (tertiary/aromatic N) is 1. The zero-order valence-corrected chi connectivity index (χ0v) is 12.9. The normalized spacial score (nSPS) is 11.9. The molecule has 0 bridgehead atoms. The van der Waals surface area contributed by atoms with Gasteiger partial charge in [0.2, 0.25) is 0 Å². The topological polar surface area (TPSA) is 24.9 Å². The van der Waals surface area contributed by atoms with Crippen LogP contribution < -0.4 is 5.32 Å². The second kappa shape index (κ2) is 5.28. The number of nitrogens with one attached hydrogen (secondary N) is 1. The minimum Gasteiger partial charge on any atom is -0.385 e. The summed E-state index contributed by atoms with van der Waals surface area (Å²) < 4.78 is 39.8. The first-order chi connectivity index (χ1) is 8.84. The van der Waals surface area contributed by atoms with Crippen molar-refractivity contribution in [3.05, 3.63) is 32.8 Å². The first kappa shape index (κ1) is 14.6. The van der Waals surface area contributed by atoms with Crippen molar-refractivity contribution in [2.75, 3.05) is 11.9 Å². The minimum atomic E-state index is -4.47. The van der Waals surface area contributed by atoms with E-state index in [0.29, 0.717) is 26.6 Å². The number of anilines is 1. The van der Waals surface area contributed by atoms with E-state index in [0.717, 1.165) is 6.07 Å². The lowest BCUT2D eigenvalue weighted by atomic mass is 10.1. The number of hydrogen-bond acceptors (Lipinski definition) is 2. The molecule has 0 saturated carbocycles. The van der Waals surface area contributed by atoms with Crippen molar-refractivity contribution in [3.63, 3.8) is 0 Å². The lowest BCUT2D eigenvalue weighted by Gasteiger charge is -2.14. The molecule has 0 atom stereocenters. The van der Waals surface area contributed by atoms with Gasteiger partial charge in [0, 0.05) is 26.6 Å². The SMILES string of the molecule is CCNc1cc(C(F)(F)F)nc2c(Br)ccc(Br)c12. The standard InChI is InChI=1S/C12H9Br2F3N2/c1-2-18-8-5-9(12(15,16)17)19-11-7(14)4-3-6(13)10(8)11/h3-5H,2H2,1H3,(H,18,19). The van der Waals surface area contributed by atoms with Crippen molar-refractivity contribution in [2.24, 2.45) is 0 Å². The van der Waals surface area contributed by atoms with Gasteiger partial charge in [-0.25, -0.2) is 4.98 Å². The molecule has 1 aromatic heterocycles. The van der Waals surface area contributed by atoms with E-state index in [2.05, 4.69) is 42.2 Å². The van der Waals surface area contributed by atoms with Crippen molar-refractivity contribution < 1.29 is 13.2 Å². The van der Waals surface area contributed by atoms with E-state index in [-0.39, 0.29) is 5.52 Å². The van der Waals surface area contributed by atoms with Crippen LogP contribution in [0.4, 0.5) is 18.9 Å². The lowest BCUT2D eigenvalue weighted by Crippen LogP contribution is -2.10. The van der Waals surface area contributed by atoms with Crippen molar-refractivity contribution >= 4 is 48.5 Å². The maximum absolute atomic E-state index is 12.9. The van der Waals surface area contributed by atoms with Crippen LogP contribution in [0.5, 0.6) is 0 Å². The van der Waals surface area contributed by atoms with Crippen molar-refractivity contribution in [2.45, 2.75) is 13.1 Å². The summed E-state index contributed by atoms with van der Waals surface area (Å²) in [6.45, 7) is 2.35. The Morgan fingerprint density at radius 2 is 1.84 bits per heavy atom. The number of hydrogen-bond donors (Lipinski definition) is 1. The summed E-state index contributed by atoms with van der Waals surface area (Å²) in [7, 11) is 0. The summed E-state index contributed by atoms with van der Waals surface area (Å²) in [6.07, 6.45) is -4.47. The van der Waals surface area contributed by atoms with Crippen LogP contribution in [-0.4, -0.2) is 11.5 Å². The number of fused-ring (bicyclic) bond motifs is 1. The number of alkyl halides is 3. The van der Waals surface area contributed by atoms with Crippen LogP contribution in [0.3, 0.4) is 0 Å². The number of halogens is 5. The molecule has 0 aliphatic carbocycles. The fourth-order valence-electron chi connectivity index (χ4n) is 1.74. The first-order valence-corrected chi connectivity index (χ1v) is 7.03. The molecule has 19 heavy (non-hydrogen) atoms. The largest absolute Gasteiger partial charge is 0.433 e. The molecule has 2 nitrogen and oxygen atoms in total. The first-order valence-electron chi connectivity index (χ1n) is 5.44. The van der Waals surface area contributed by atoms with E-state index in [4.69, 9.17) is 0 Å². The molecule has 1 aromatic carbocycles. The molecule has 0 radical (unpaired) electrons. The molecule has 2 rings (SSSR count). The van der Waals surface area contributed by atoms with E-state index in [1.807, 2.05) is 6.92 Å². The molecular formula is C12H9Br2F3N2. The van der Waals surface area contributed by atoms with E-state index < -0.39 is 11.9 Å². The van der Waals surface area contributed by atoms with Gasteiger partial charge in [-0.3, -0.25) is 0 Å². The molecule has 0 aliphatic heterocycles. The Balaban J connectivity index is 2.83. The van der Waals surface area contributed by atoms with Crippen LogP contribution in [0.2, 0.25) is 0 Å². The zero-order chi connectivity index (χ0) is 14.2. The highest BCUT2D eigenvalue weighted by Crippen LogP contribution is 2.38. The van der Waals surface area contributed by atoms with Gasteiger partial charge in [0.25, 0.3) is 0 Å². The summed E-state index contributed by atoms with van der Waals surface area (Å²) in [6, 6.07) is 4.46. The van der Waals surface area contributed by atoms with E-state index in [9.17, 15) is 13.2 Å². The molecule has 1 heterocycles. The maximum Gasteiger partial charge on any atom is 0.433 e. The molecule has 0 spiro atoms. The second-order valence-corrected chi connectivity index (χ2v) is 5.54. The van der Waals surface area contributed by atoms with Gasteiger partial charge in [0.15, 0.2) is 0 Å². The summed E-state index contributed by atoms with van der Waals surface area (Å²) in [5, 5.41) is 3.57. The molecule has 0 saturated heterocycles. The van der Waals surface area contributed by atoms with Crippen LogP contribution in [0.1, 0.15) is 12.6 Å². The highest BCUT2D eigenvalue weighted by molar-refractivity contribution is 9.11. The molecule has 0 amide bonds. The number of benzene rings is 1. The van der Waals surface area contributed by atoms with Gasteiger partial charge in [0.1, 0.15) is 5.69 Å². The smallest absolute Gasteiger partial charge is 0.385 e. The van der Waals surface area contributed by atoms with Gasteiger partial charge >= 0.3 is 6.18 Å². The third-order valence-electron chi connectivity index (χ3n) is 2.52. The predicted molar refractivity (Wildman–Crippen MR) is 76.3 cm³/mol. The number of aromatic nitrogens is 1. The zero-order valence-electron chi connectivity index (χ0n) is 9.78. The summed E-state index contributed by atoms with van der Waals surface area (Å²) in [5.41, 5.74) is -0.220. The molecule has 1 N–H and O–H groups in total. The van der Waals surface area contributed by atoms with Gasteiger partial charge in [-0.05, 0) is 41.1 Å². The molecular weight excluding hydrogens is 389 g/mol. The molecule has 0 fully saturated rings. The Bertz CT molecular complexity index is 626. The van der Waals surface area contributed by atoms with Gasteiger partial charge < -0.3 is 5.32 Å². The van der Waals surface area contributed by atoms with Crippen LogP contribution in [-0.2, 0) is 6.18 Å². The number of rotatable bonds is 2. The molecule has 0 unspecified atom stereocenters. The third kappa shape index (κ3) is 2.86. The number of pyridine rings is 1. The van der Waals surface area contributed by atoms with Crippen LogP contribution >= 0.6 is 31.9 Å². The Hall–Kier alpha value is -0.820. The minimum absolute atomic E-state index is 0.278. The highest BCUT2D eigenvalue weighted by Gasteiger charge is 2.33. The van der Waals surface area contributed by atoms with E-state index >= 15 is 0 Å². The Kier molecular flexibility index (Phi) is 4.06. The highest BCUT2D eigenvalue weighted by atomic mass is 79.9. The lowest BCUT2D eigenvalue weighted by molar-refractivity contribution is -0.140. The van der Waals surface area contributed by atoms with Crippen molar-refractivity contribution in [1.82, 2.24) is 4.98 Å². The molecule has 2 aromatic rings. The van der Waals surface area contributed by atoms with Crippen LogP contribution in [0.25, 0.3) is 10.9 Å². The van der Waals surface area contributed by atoms with Gasteiger partial charge in [0.05, 0.1) is 5.52 Å². The third-order valence-corrected chi connectivity index (χ3v) is 3.82. The summed E-state index contributed by atoms with van der Waals surface area (Å²) in [5.74, 6) is 0. The van der Waals surface area contributed by atoms with E-state index in [1.165, 1.54) is 0 Å². The monoisotopic (exact) mass is 396 g/mol.